The summed E-state index contributed by atoms with van der Waals surface area (Å²) >= 11 is 0. The predicted octanol–water partition coefficient (Wildman–Crippen LogP) is 2.98. The van der Waals surface area contributed by atoms with Crippen LogP contribution in [0.5, 0.6) is 5.75 Å². The van der Waals surface area contributed by atoms with E-state index in [9.17, 15) is 4.79 Å². The van der Waals surface area contributed by atoms with Crippen LogP contribution in [0.3, 0.4) is 0 Å². The molecule has 1 heterocycles. The maximum Gasteiger partial charge on any atom is 0.317 e. The zero-order valence-corrected chi connectivity index (χ0v) is 11.1. The number of fused-ring (bicyclic) bond motifs is 1. The lowest BCUT2D eigenvalue weighted by atomic mass is 9.97. The summed E-state index contributed by atoms with van der Waals surface area (Å²) < 4.78 is 11.0. The van der Waals surface area contributed by atoms with Gasteiger partial charge in [0.25, 0.3) is 0 Å². The van der Waals surface area contributed by atoms with Gasteiger partial charge < -0.3 is 9.47 Å². The van der Waals surface area contributed by atoms with Crippen LogP contribution < -0.4 is 4.74 Å². The van der Waals surface area contributed by atoms with Gasteiger partial charge in [-0.1, -0.05) is 48.5 Å². The lowest BCUT2D eigenvalue weighted by Gasteiger charge is -2.23. The first-order chi connectivity index (χ1) is 9.83. The Labute approximate surface area is 118 Å². The number of esters is 1. The third-order valence-electron chi connectivity index (χ3n) is 3.41. The van der Waals surface area contributed by atoms with Gasteiger partial charge in [0.05, 0.1) is 19.1 Å². The molecule has 2 aromatic rings. The quantitative estimate of drug-likeness (QED) is 0.631. The predicted molar refractivity (Wildman–Crippen MR) is 75.4 cm³/mol. The molecule has 0 aromatic heterocycles. The van der Waals surface area contributed by atoms with Gasteiger partial charge in [-0.2, -0.15) is 0 Å². The van der Waals surface area contributed by atoms with Crippen molar-refractivity contribution in [3.8, 4) is 5.75 Å². The van der Waals surface area contributed by atoms with Crippen LogP contribution in [0, 0.1) is 5.92 Å². The van der Waals surface area contributed by atoms with E-state index in [0.29, 0.717) is 25.4 Å². The van der Waals surface area contributed by atoms with Crippen molar-refractivity contribution in [1.82, 2.24) is 0 Å². The van der Waals surface area contributed by atoms with Gasteiger partial charge in [-0.3, -0.25) is 4.79 Å². The van der Waals surface area contributed by atoms with Crippen molar-refractivity contribution in [3.05, 3.63) is 65.7 Å². The van der Waals surface area contributed by atoms with Gasteiger partial charge in [0.2, 0.25) is 0 Å². The SMILES string of the molecule is O=C1Oc2ccccc2C[C@@H]1COCc1ccccc1. The Balaban J connectivity index is 1.57. The number of hydrogen-bond acceptors (Lipinski definition) is 3. The summed E-state index contributed by atoms with van der Waals surface area (Å²) in [5.74, 6) is 0.266. The average molecular weight is 268 g/mol. The van der Waals surface area contributed by atoms with E-state index >= 15 is 0 Å². The van der Waals surface area contributed by atoms with Gasteiger partial charge in [0.1, 0.15) is 5.75 Å². The molecule has 3 heteroatoms. The second-order valence-electron chi connectivity index (χ2n) is 4.93. The number of hydrogen-bond donors (Lipinski definition) is 0. The maximum absolute atomic E-state index is 11.9. The number of carbonyl (C=O) groups is 1. The van der Waals surface area contributed by atoms with Gasteiger partial charge in [-0.25, -0.2) is 0 Å². The molecule has 3 rings (SSSR count). The van der Waals surface area contributed by atoms with Crippen molar-refractivity contribution < 1.29 is 14.3 Å². The van der Waals surface area contributed by atoms with Crippen molar-refractivity contribution in [3.63, 3.8) is 0 Å². The summed E-state index contributed by atoms with van der Waals surface area (Å²) in [6.07, 6.45) is 0.684. The first-order valence-electron chi connectivity index (χ1n) is 6.74. The van der Waals surface area contributed by atoms with Crippen molar-refractivity contribution in [2.75, 3.05) is 6.61 Å². The first kappa shape index (κ1) is 12.9. The minimum atomic E-state index is -0.214. The molecule has 20 heavy (non-hydrogen) atoms. The molecule has 0 aliphatic carbocycles. The van der Waals surface area contributed by atoms with Gasteiger partial charge in [-0.05, 0) is 23.6 Å². The van der Waals surface area contributed by atoms with Gasteiger partial charge in [0.15, 0.2) is 0 Å². The molecule has 102 valence electrons. The molecule has 0 fully saturated rings. The number of rotatable bonds is 4. The highest BCUT2D eigenvalue weighted by Crippen LogP contribution is 2.27. The summed E-state index contributed by atoms with van der Waals surface area (Å²) in [4.78, 5) is 11.9. The van der Waals surface area contributed by atoms with E-state index in [1.165, 1.54) is 0 Å². The molecule has 2 aromatic carbocycles. The third-order valence-corrected chi connectivity index (χ3v) is 3.41. The normalized spacial score (nSPS) is 17.4. The van der Waals surface area contributed by atoms with Gasteiger partial charge in [-0.15, -0.1) is 0 Å². The molecule has 0 radical (unpaired) electrons. The Morgan fingerprint density at radius 2 is 1.80 bits per heavy atom. The van der Waals surface area contributed by atoms with E-state index in [4.69, 9.17) is 9.47 Å². The van der Waals surface area contributed by atoms with Crippen LogP contribution in [0.1, 0.15) is 11.1 Å². The van der Waals surface area contributed by atoms with Crippen molar-refractivity contribution in [2.24, 2.45) is 5.92 Å². The molecule has 3 nitrogen and oxygen atoms in total. The van der Waals surface area contributed by atoms with Crippen LogP contribution in [-0.4, -0.2) is 12.6 Å². The molecular formula is C17H16O3. The van der Waals surface area contributed by atoms with Crippen molar-refractivity contribution >= 4 is 5.97 Å². The van der Waals surface area contributed by atoms with Crippen LogP contribution in [0.2, 0.25) is 0 Å². The topological polar surface area (TPSA) is 35.5 Å². The monoisotopic (exact) mass is 268 g/mol. The molecular weight excluding hydrogens is 252 g/mol. The van der Waals surface area contributed by atoms with Crippen molar-refractivity contribution in [1.29, 1.82) is 0 Å². The fourth-order valence-corrected chi connectivity index (χ4v) is 2.33. The second-order valence-corrected chi connectivity index (χ2v) is 4.93. The lowest BCUT2D eigenvalue weighted by molar-refractivity contribution is -0.142. The zero-order valence-electron chi connectivity index (χ0n) is 11.1. The van der Waals surface area contributed by atoms with E-state index in [1.54, 1.807) is 0 Å². The zero-order chi connectivity index (χ0) is 13.8. The highest BCUT2D eigenvalue weighted by atomic mass is 16.5. The Morgan fingerprint density at radius 1 is 1.05 bits per heavy atom. The molecule has 1 aliphatic rings. The second kappa shape index (κ2) is 5.88. The minimum Gasteiger partial charge on any atom is -0.426 e. The molecule has 1 aliphatic heterocycles. The number of para-hydroxylation sites is 1. The van der Waals surface area contributed by atoms with Gasteiger partial charge >= 0.3 is 5.97 Å². The van der Waals surface area contributed by atoms with E-state index in [2.05, 4.69) is 0 Å². The smallest absolute Gasteiger partial charge is 0.317 e. The Morgan fingerprint density at radius 3 is 2.65 bits per heavy atom. The van der Waals surface area contributed by atoms with Gasteiger partial charge in [0, 0.05) is 0 Å². The van der Waals surface area contributed by atoms with E-state index in [1.807, 2.05) is 54.6 Å². The highest BCUT2D eigenvalue weighted by Gasteiger charge is 2.28. The molecule has 0 unspecified atom stereocenters. The third kappa shape index (κ3) is 2.89. The molecule has 0 saturated carbocycles. The Bertz CT molecular complexity index is 592. The molecule has 0 amide bonds. The van der Waals surface area contributed by atoms with Crippen LogP contribution in [0.4, 0.5) is 0 Å². The molecule has 0 N–H and O–H groups in total. The van der Waals surface area contributed by atoms with Crippen LogP contribution in [0.15, 0.2) is 54.6 Å². The molecule has 0 bridgehead atoms. The molecule has 0 spiro atoms. The van der Waals surface area contributed by atoms with E-state index < -0.39 is 0 Å². The summed E-state index contributed by atoms with van der Waals surface area (Å²) in [5, 5.41) is 0. The molecule has 1 atom stereocenters. The van der Waals surface area contributed by atoms with Crippen LogP contribution >= 0.6 is 0 Å². The fourth-order valence-electron chi connectivity index (χ4n) is 2.33. The standard InChI is InChI=1S/C17H16O3/c18-17-15(10-14-8-4-5-9-16(14)20-17)12-19-11-13-6-2-1-3-7-13/h1-9,15H,10-12H2/t15-/m1/s1. The highest BCUT2D eigenvalue weighted by molar-refractivity contribution is 5.78. The number of benzene rings is 2. The van der Waals surface area contributed by atoms with Crippen molar-refractivity contribution in [2.45, 2.75) is 13.0 Å². The first-order valence-corrected chi connectivity index (χ1v) is 6.74. The largest absolute Gasteiger partial charge is 0.426 e. The fraction of sp³-hybridized carbons (Fsp3) is 0.235. The Kier molecular flexibility index (Phi) is 3.79. The summed E-state index contributed by atoms with van der Waals surface area (Å²) in [6.45, 7) is 0.911. The summed E-state index contributed by atoms with van der Waals surface area (Å²) in [6, 6.07) is 17.6. The van der Waals surface area contributed by atoms with E-state index in [0.717, 1.165) is 11.1 Å². The molecule has 0 saturated heterocycles. The van der Waals surface area contributed by atoms with E-state index in [-0.39, 0.29) is 11.9 Å². The average Bonchev–Trinajstić information content (AvgIpc) is 2.49. The van der Waals surface area contributed by atoms with Crippen LogP contribution in [-0.2, 0) is 22.6 Å². The number of ether oxygens (including phenoxy) is 2. The lowest BCUT2D eigenvalue weighted by Crippen LogP contribution is -2.31. The number of carbonyl (C=O) groups excluding carboxylic acids is 1. The minimum absolute atomic E-state index is 0.197. The summed E-state index contributed by atoms with van der Waals surface area (Å²) in [7, 11) is 0. The summed E-state index contributed by atoms with van der Waals surface area (Å²) in [5.41, 5.74) is 2.18. The maximum atomic E-state index is 11.9. The Hall–Kier alpha value is -2.13. The van der Waals surface area contributed by atoms with Crippen LogP contribution in [0.25, 0.3) is 0 Å².